The van der Waals surface area contributed by atoms with Crippen molar-refractivity contribution in [3.8, 4) is 11.5 Å². The van der Waals surface area contributed by atoms with Crippen LogP contribution in [-0.2, 0) is 9.53 Å². The number of carbonyl (C=O) groups is 2. The van der Waals surface area contributed by atoms with Gasteiger partial charge in [0.05, 0.1) is 26.4 Å². The first kappa shape index (κ1) is 19.8. The molecule has 2 rings (SSSR count). The van der Waals surface area contributed by atoms with E-state index in [1.54, 1.807) is 18.2 Å². The minimum Gasteiger partial charge on any atom is -0.493 e. The molecule has 1 aliphatic heterocycles. The lowest BCUT2D eigenvalue weighted by molar-refractivity contribution is -0.130. The van der Waals surface area contributed by atoms with E-state index in [9.17, 15) is 14.7 Å². The van der Waals surface area contributed by atoms with Crippen LogP contribution in [0.2, 0.25) is 0 Å². The fourth-order valence-corrected chi connectivity index (χ4v) is 3.37. The molecule has 1 heterocycles. The quantitative estimate of drug-likeness (QED) is 0.516. The molecule has 2 amide bonds. The summed E-state index contributed by atoms with van der Waals surface area (Å²) in [7, 11) is 3.01. The van der Waals surface area contributed by atoms with Crippen LogP contribution in [0.15, 0.2) is 18.2 Å². The first-order chi connectivity index (χ1) is 11.8. The van der Waals surface area contributed by atoms with Gasteiger partial charge in [0, 0.05) is 0 Å². The number of benzene rings is 1. The SMILES string of the molecule is COc1ccc([C@H](O)[C@H](I)C(=O)N2C(=O)OC[C@@H]2C(C)C)cc1OC. The number of aliphatic hydroxyl groups excluding tert-OH is 1. The number of hydrogen-bond acceptors (Lipinski definition) is 6. The summed E-state index contributed by atoms with van der Waals surface area (Å²) < 4.78 is 14.6. The van der Waals surface area contributed by atoms with Gasteiger partial charge < -0.3 is 19.3 Å². The van der Waals surface area contributed by atoms with E-state index in [0.29, 0.717) is 17.1 Å². The van der Waals surface area contributed by atoms with E-state index in [1.165, 1.54) is 14.2 Å². The molecule has 0 aliphatic carbocycles. The molecule has 0 aromatic heterocycles. The predicted molar refractivity (Wildman–Crippen MR) is 99.1 cm³/mol. The van der Waals surface area contributed by atoms with Crippen LogP contribution in [0.4, 0.5) is 4.79 Å². The normalized spacial score (nSPS) is 19.6. The van der Waals surface area contributed by atoms with Crippen molar-refractivity contribution in [3.63, 3.8) is 0 Å². The third kappa shape index (κ3) is 4.00. The molecular formula is C17H22INO6. The predicted octanol–water partition coefficient (Wildman–Crippen LogP) is 2.54. The van der Waals surface area contributed by atoms with E-state index in [1.807, 2.05) is 36.4 Å². The van der Waals surface area contributed by atoms with Gasteiger partial charge in [-0.15, -0.1) is 0 Å². The number of amides is 2. The molecule has 1 fully saturated rings. The Morgan fingerprint density at radius 1 is 1.32 bits per heavy atom. The van der Waals surface area contributed by atoms with Crippen LogP contribution in [0.3, 0.4) is 0 Å². The van der Waals surface area contributed by atoms with Gasteiger partial charge in [0.15, 0.2) is 11.5 Å². The van der Waals surface area contributed by atoms with Crippen molar-refractivity contribution in [1.29, 1.82) is 0 Å². The minimum absolute atomic E-state index is 0.0669. The number of hydrogen-bond donors (Lipinski definition) is 1. The van der Waals surface area contributed by atoms with Crippen LogP contribution < -0.4 is 9.47 Å². The van der Waals surface area contributed by atoms with Gasteiger partial charge in [0.1, 0.15) is 10.5 Å². The van der Waals surface area contributed by atoms with Gasteiger partial charge in [-0.25, -0.2) is 9.69 Å². The lowest BCUT2D eigenvalue weighted by Crippen LogP contribution is -2.46. The Morgan fingerprint density at radius 3 is 2.52 bits per heavy atom. The van der Waals surface area contributed by atoms with Crippen LogP contribution in [0.1, 0.15) is 25.5 Å². The number of aliphatic hydroxyl groups is 1. The summed E-state index contributed by atoms with van der Waals surface area (Å²) in [5, 5.41) is 10.6. The Kier molecular flexibility index (Phi) is 6.50. The lowest BCUT2D eigenvalue weighted by atomic mass is 10.0. The van der Waals surface area contributed by atoms with Crippen LogP contribution in [0.5, 0.6) is 11.5 Å². The van der Waals surface area contributed by atoms with Gasteiger partial charge in [0.2, 0.25) is 5.91 Å². The lowest BCUT2D eigenvalue weighted by Gasteiger charge is -2.26. The Hall–Kier alpha value is -1.55. The summed E-state index contributed by atoms with van der Waals surface area (Å²) >= 11 is 1.85. The molecule has 25 heavy (non-hydrogen) atoms. The van der Waals surface area contributed by atoms with Gasteiger partial charge in [-0.1, -0.05) is 42.5 Å². The second-order valence-corrected chi connectivity index (χ2v) is 7.40. The zero-order valence-electron chi connectivity index (χ0n) is 14.6. The number of rotatable bonds is 6. The number of methoxy groups -OCH3 is 2. The van der Waals surface area contributed by atoms with E-state index in [0.717, 1.165) is 4.90 Å². The molecular weight excluding hydrogens is 441 g/mol. The number of carbonyl (C=O) groups excluding carboxylic acids is 2. The standard InChI is InChI=1S/C17H22INO6/c1-9(2)11-8-25-17(22)19(11)16(21)14(18)15(20)10-5-6-12(23-3)13(7-10)24-4/h5-7,9,11,14-15,20H,8H2,1-4H3/t11-,14+,15+/m1/s1. The van der Waals surface area contributed by atoms with E-state index >= 15 is 0 Å². The van der Waals surface area contributed by atoms with E-state index in [2.05, 4.69) is 0 Å². The highest BCUT2D eigenvalue weighted by atomic mass is 127. The van der Waals surface area contributed by atoms with Crippen LogP contribution >= 0.6 is 22.6 Å². The van der Waals surface area contributed by atoms with Crippen molar-refractivity contribution in [2.24, 2.45) is 5.92 Å². The summed E-state index contributed by atoms with van der Waals surface area (Å²) in [5.41, 5.74) is 0.499. The summed E-state index contributed by atoms with van der Waals surface area (Å²) in [6.45, 7) is 4.01. The fourth-order valence-electron chi connectivity index (χ4n) is 2.65. The highest BCUT2D eigenvalue weighted by molar-refractivity contribution is 14.1. The van der Waals surface area contributed by atoms with Crippen LogP contribution in [0.25, 0.3) is 0 Å². The van der Waals surface area contributed by atoms with Gasteiger partial charge in [-0.3, -0.25) is 4.79 Å². The Bertz CT molecular complexity index is 650. The highest BCUT2D eigenvalue weighted by Crippen LogP contribution is 2.34. The second kappa shape index (κ2) is 8.22. The van der Waals surface area contributed by atoms with Crippen molar-refractivity contribution in [2.75, 3.05) is 20.8 Å². The molecule has 1 aromatic rings. The summed E-state index contributed by atoms with van der Waals surface area (Å²) in [4.78, 5) is 25.8. The van der Waals surface area contributed by atoms with Crippen molar-refractivity contribution in [2.45, 2.75) is 29.9 Å². The molecule has 1 saturated heterocycles. The topological polar surface area (TPSA) is 85.3 Å². The fraction of sp³-hybridized carbons (Fsp3) is 0.529. The van der Waals surface area contributed by atoms with E-state index in [-0.39, 0.29) is 18.6 Å². The second-order valence-electron chi connectivity index (χ2n) is 6.06. The average molecular weight is 463 g/mol. The number of cyclic esters (lactones) is 1. The third-order valence-corrected chi connectivity index (χ3v) is 5.39. The molecule has 3 atom stereocenters. The first-order valence-corrected chi connectivity index (χ1v) is 9.10. The monoisotopic (exact) mass is 463 g/mol. The van der Waals surface area contributed by atoms with Crippen molar-refractivity contribution in [3.05, 3.63) is 23.8 Å². The van der Waals surface area contributed by atoms with E-state index < -0.39 is 22.0 Å². The Labute approximate surface area is 160 Å². The van der Waals surface area contributed by atoms with Gasteiger partial charge in [-0.2, -0.15) is 0 Å². The Balaban J connectivity index is 2.22. The van der Waals surface area contributed by atoms with Crippen molar-refractivity contribution >= 4 is 34.6 Å². The van der Waals surface area contributed by atoms with Gasteiger partial charge in [0.25, 0.3) is 0 Å². The zero-order valence-corrected chi connectivity index (χ0v) is 16.7. The molecule has 1 N–H and O–H groups in total. The highest BCUT2D eigenvalue weighted by Gasteiger charge is 2.43. The summed E-state index contributed by atoms with van der Waals surface area (Å²) in [5.74, 6) is 0.579. The van der Waals surface area contributed by atoms with Crippen molar-refractivity contribution < 1.29 is 28.9 Å². The smallest absolute Gasteiger partial charge is 0.417 e. The summed E-state index contributed by atoms with van der Waals surface area (Å²) in [6, 6.07) is 4.61. The number of nitrogens with zero attached hydrogens (tertiary/aromatic N) is 1. The maximum absolute atomic E-state index is 12.8. The van der Waals surface area contributed by atoms with Gasteiger partial charge >= 0.3 is 6.09 Å². The molecule has 0 unspecified atom stereocenters. The summed E-state index contributed by atoms with van der Waals surface area (Å²) in [6.07, 6.45) is -1.76. The molecule has 0 bridgehead atoms. The molecule has 138 valence electrons. The number of ether oxygens (including phenoxy) is 3. The average Bonchev–Trinajstić information content (AvgIpc) is 3.00. The zero-order chi connectivity index (χ0) is 18.7. The molecule has 7 nitrogen and oxygen atoms in total. The number of imide groups is 1. The maximum Gasteiger partial charge on any atom is 0.417 e. The molecule has 1 aliphatic rings. The molecule has 1 aromatic carbocycles. The third-order valence-electron chi connectivity index (χ3n) is 4.18. The first-order valence-electron chi connectivity index (χ1n) is 7.85. The van der Waals surface area contributed by atoms with Crippen LogP contribution in [0, 0.1) is 5.92 Å². The maximum atomic E-state index is 12.8. The van der Waals surface area contributed by atoms with Crippen molar-refractivity contribution in [1.82, 2.24) is 4.90 Å². The molecule has 0 saturated carbocycles. The van der Waals surface area contributed by atoms with E-state index in [4.69, 9.17) is 14.2 Å². The number of alkyl halides is 1. The number of halogens is 1. The Morgan fingerprint density at radius 2 is 1.96 bits per heavy atom. The molecule has 0 spiro atoms. The molecule has 0 radical (unpaired) electrons. The molecule has 8 heteroatoms. The van der Waals surface area contributed by atoms with Gasteiger partial charge in [-0.05, 0) is 23.6 Å². The van der Waals surface area contributed by atoms with Crippen LogP contribution in [-0.4, -0.2) is 52.8 Å². The largest absolute Gasteiger partial charge is 0.493 e. The minimum atomic E-state index is -1.10.